The molecule has 1 N–H and O–H groups in total. The van der Waals surface area contributed by atoms with Crippen LogP contribution in [0.15, 0.2) is 121 Å². The second kappa shape index (κ2) is 8.17. The van der Waals surface area contributed by atoms with Crippen molar-refractivity contribution in [1.29, 1.82) is 0 Å². The predicted molar refractivity (Wildman–Crippen MR) is 165 cm³/mol. The molecule has 8 aromatic rings. The van der Waals surface area contributed by atoms with E-state index < -0.39 is 0 Å². The van der Waals surface area contributed by atoms with Crippen LogP contribution in [0.5, 0.6) is 0 Å². The molecule has 0 aliphatic heterocycles. The first-order valence-corrected chi connectivity index (χ1v) is 14.1. The molecule has 2 aromatic heterocycles. The second-order valence-electron chi connectivity index (χ2n) is 9.52. The molecular formula is C34H21NS2. The first-order valence-electron chi connectivity index (χ1n) is 12.4. The van der Waals surface area contributed by atoms with Gasteiger partial charge >= 0.3 is 0 Å². The lowest BCUT2D eigenvalue weighted by Gasteiger charge is -2.08. The van der Waals surface area contributed by atoms with E-state index in [2.05, 4.69) is 127 Å². The molecule has 0 saturated carbocycles. The van der Waals surface area contributed by atoms with E-state index in [1.807, 2.05) is 22.7 Å². The second-order valence-corrected chi connectivity index (χ2v) is 11.7. The maximum atomic E-state index is 3.59. The Kier molecular flexibility index (Phi) is 4.63. The van der Waals surface area contributed by atoms with Gasteiger partial charge in [0, 0.05) is 51.7 Å². The number of rotatable bonds is 3. The van der Waals surface area contributed by atoms with Gasteiger partial charge in [0.1, 0.15) is 0 Å². The number of anilines is 2. The van der Waals surface area contributed by atoms with Gasteiger partial charge in [-0.2, -0.15) is 0 Å². The van der Waals surface area contributed by atoms with Crippen molar-refractivity contribution in [2.45, 2.75) is 0 Å². The highest BCUT2D eigenvalue weighted by Gasteiger charge is 2.09. The predicted octanol–water partition coefficient (Wildman–Crippen LogP) is 11.0. The molecule has 174 valence electrons. The Balaban J connectivity index is 1.12. The van der Waals surface area contributed by atoms with Crippen LogP contribution in [0.3, 0.4) is 0 Å². The van der Waals surface area contributed by atoms with Gasteiger partial charge in [0.25, 0.3) is 0 Å². The Morgan fingerprint density at radius 2 is 1.00 bits per heavy atom. The molecule has 2 heterocycles. The Labute approximate surface area is 222 Å². The highest BCUT2D eigenvalue weighted by atomic mass is 32.1. The summed E-state index contributed by atoms with van der Waals surface area (Å²) in [5.41, 5.74) is 4.69. The van der Waals surface area contributed by atoms with Crippen molar-refractivity contribution in [3.05, 3.63) is 121 Å². The third-order valence-corrected chi connectivity index (χ3v) is 9.49. The Bertz CT molecular complexity index is 2110. The summed E-state index contributed by atoms with van der Waals surface area (Å²) < 4.78 is 5.33. The largest absolute Gasteiger partial charge is 0.355 e. The minimum atomic E-state index is 1.10. The SMILES string of the molecule is c1ccc2cc3c(cc2c1)sc1ccc(-c2ccc(Nc4ccc5c(c4)sc4ccccc45)cc2)cc13. The normalized spacial score (nSPS) is 11.8. The molecule has 0 atom stereocenters. The summed E-state index contributed by atoms with van der Waals surface area (Å²) in [4.78, 5) is 0. The van der Waals surface area contributed by atoms with E-state index >= 15 is 0 Å². The van der Waals surface area contributed by atoms with Gasteiger partial charge in [0.15, 0.2) is 0 Å². The molecule has 0 aliphatic rings. The topological polar surface area (TPSA) is 12.0 Å². The lowest BCUT2D eigenvalue weighted by Crippen LogP contribution is -1.89. The van der Waals surface area contributed by atoms with Crippen LogP contribution >= 0.6 is 22.7 Å². The van der Waals surface area contributed by atoms with Crippen LogP contribution in [-0.4, -0.2) is 0 Å². The van der Waals surface area contributed by atoms with Crippen molar-refractivity contribution in [3.63, 3.8) is 0 Å². The van der Waals surface area contributed by atoms with Gasteiger partial charge in [0.05, 0.1) is 0 Å². The van der Waals surface area contributed by atoms with E-state index in [4.69, 9.17) is 0 Å². The minimum Gasteiger partial charge on any atom is -0.355 e. The van der Waals surface area contributed by atoms with Gasteiger partial charge in [0.2, 0.25) is 0 Å². The maximum absolute atomic E-state index is 3.59. The fourth-order valence-electron chi connectivity index (χ4n) is 5.36. The smallest absolute Gasteiger partial charge is 0.0398 e. The summed E-state index contributed by atoms with van der Waals surface area (Å²) in [6.07, 6.45) is 0. The van der Waals surface area contributed by atoms with E-state index in [9.17, 15) is 0 Å². The molecule has 0 fully saturated rings. The van der Waals surface area contributed by atoms with Crippen LogP contribution in [0.25, 0.3) is 62.2 Å². The number of hydrogen-bond donors (Lipinski definition) is 1. The molecule has 0 radical (unpaired) electrons. The zero-order valence-corrected chi connectivity index (χ0v) is 21.5. The Morgan fingerprint density at radius 3 is 1.86 bits per heavy atom. The quantitative estimate of drug-likeness (QED) is 0.251. The van der Waals surface area contributed by atoms with Gasteiger partial charge in [-0.1, -0.05) is 66.7 Å². The molecule has 3 heteroatoms. The van der Waals surface area contributed by atoms with Gasteiger partial charge < -0.3 is 5.32 Å². The van der Waals surface area contributed by atoms with Crippen LogP contribution in [0.1, 0.15) is 0 Å². The van der Waals surface area contributed by atoms with Crippen molar-refractivity contribution < 1.29 is 0 Å². The summed E-state index contributed by atoms with van der Waals surface area (Å²) in [5, 5.41) is 11.5. The molecule has 37 heavy (non-hydrogen) atoms. The Hall–Kier alpha value is -4.18. The first kappa shape index (κ1) is 21.0. The molecule has 0 spiro atoms. The molecule has 0 saturated heterocycles. The molecular weight excluding hydrogens is 487 g/mol. The number of nitrogens with one attached hydrogen (secondary N) is 1. The lowest BCUT2D eigenvalue weighted by atomic mass is 10.0. The van der Waals surface area contributed by atoms with Crippen LogP contribution in [0.4, 0.5) is 11.4 Å². The zero-order valence-electron chi connectivity index (χ0n) is 19.9. The van der Waals surface area contributed by atoms with E-state index in [1.165, 1.54) is 62.2 Å². The van der Waals surface area contributed by atoms with Crippen LogP contribution < -0.4 is 5.32 Å². The number of benzene rings is 6. The average Bonchev–Trinajstić information content (AvgIpc) is 3.49. The fourth-order valence-corrected chi connectivity index (χ4v) is 7.62. The van der Waals surface area contributed by atoms with E-state index in [0.29, 0.717) is 0 Å². The fraction of sp³-hybridized carbons (Fsp3) is 0. The summed E-state index contributed by atoms with van der Waals surface area (Å²) >= 11 is 3.73. The lowest BCUT2D eigenvalue weighted by molar-refractivity contribution is 1.56. The van der Waals surface area contributed by atoms with Gasteiger partial charge in [-0.15, -0.1) is 22.7 Å². The van der Waals surface area contributed by atoms with Crippen LogP contribution in [0, 0.1) is 0 Å². The monoisotopic (exact) mass is 507 g/mol. The molecule has 6 aromatic carbocycles. The minimum absolute atomic E-state index is 1.10. The third-order valence-electron chi connectivity index (χ3n) is 7.22. The number of thiophene rings is 2. The van der Waals surface area contributed by atoms with E-state index in [-0.39, 0.29) is 0 Å². The maximum Gasteiger partial charge on any atom is 0.0398 e. The van der Waals surface area contributed by atoms with Crippen LogP contribution in [0.2, 0.25) is 0 Å². The summed E-state index contributed by atoms with van der Waals surface area (Å²) in [6, 6.07) is 44.2. The third kappa shape index (κ3) is 3.51. The van der Waals surface area contributed by atoms with Crippen LogP contribution in [-0.2, 0) is 0 Å². The molecule has 8 rings (SSSR count). The van der Waals surface area contributed by atoms with Crippen molar-refractivity contribution in [2.75, 3.05) is 5.32 Å². The molecule has 0 aliphatic carbocycles. The molecule has 0 bridgehead atoms. The van der Waals surface area contributed by atoms with E-state index in [1.54, 1.807) is 0 Å². The first-order chi connectivity index (χ1) is 18.3. The number of hydrogen-bond acceptors (Lipinski definition) is 3. The van der Waals surface area contributed by atoms with Gasteiger partial charge in [-0.3, -0.25) is 0 Å². The molecule has 0 unspecified atom stereocenters. The van der Waals surface area contributed by atoms with Crippen molar-refractivity contribution in [3.8, 4) is 11.1 Å². The van der Waals surface area contributed by atoms with Crippen molar-refractivity contribution in [1.82, 2.24) is 0 Å². The van der Waals surface area contributed by atoms with Gasteiger partial charge in [-0.25, -0.2) is 0 Å². The van der Waals surface area contributed by atoms with Crippen molar-refractivity contribution in [2.24, 2.45) is 0 Å². The van der Waals surface area contributed by atoms with Gasteiger partial charge in [-0.05, 0) is 76.5 Å². The highest BCUT2D eigenvalue weighted by Crippen LogP contribution is 2.39. The van der Waals surface area contributed by atoms with E-state index in [0.717, 1.165) is 11.4 Å². The molecule has 0 amide bonds. The standard InChI is InChI=1S/C34H21NS2/c1-2-6-23-19-33-30(17-22(23)5-1)29-18-24(11-16-32(29)37-33)21-9-12-25(13-10-21)35-26-14-15-28-27-7-3-4-8-31(27)36-34(28)20-26/h1-20,35H. The average molecular weight is 508 g/mol. The summed E-state index contributed by atoms with van der Waals surface area (Å²) in [6.45, 7) is 0. The summed E-state index contributed by atoms with van der Waals surface area (Å²) in [7, 11) is 0. The summed E-state index contributed by atoms with van der Waals surface area (Å²) in [5.74, 6) is 0. The zero-order chi connectivity index (χ0) is 24.3. The molecule has 1 nitrogen and oxygen atoms in total. The highest BCUT2D eigenvalue weighted by molar-refractivity contribution is 7.26. The Morgan fingerprint density at radius 1 is 0.378 bits per heavy atom. The van der Waals surface area contributed by atoms with Crippen molar-refractivity contribution >= 4 is 85.2 Å². The number of fused-ring (bicyclic) bond motifs is 7.